The molecule has 0 aliphatic rings. The van der Waals surface area contributed by atoms with E-state index >= 15 is 0 Å². The molecule has 3 aromatic carbocycles. The average Bonchev–Trinajstić information content (AvgIpc) is 2.78. The van der Waals surface area contributed by atoms with Crippen molar-refractivity contribution in [3.63, 3.8) is 0 Å². The molecule has 0 radical (unpaired) electrons. The maximum atomic E-state index is 13.5. The number of nitrogens with one attached hydrogen (secondary N) is 1. The van der Waals surface area contributed by atoms with Crippen LogP contribution in [0.15, 0.2) is 65.6 Å². The maximum absolute atomic E-state index is 13.5. The average molecular weight is 521 g/mol. The van der Waals surface area contributed by atoms with Crippen LogP contribution in [0.1, 0.15) is 21.5 Å². The van der Waals surface area contributed by atoms with E-state index in [4.69, 9.17) is 27.9 Å². The normalized spacial score (nSPS) is 11.1. The highest BCUT2D eigenvalue weighted by atomic mass is 35.5. The quantitative estimate of drug-likeness (QED) is 0.430. The van der Waals surface area contributed by atoms with Gasteiger partial charge in [0.2, 0.25) is 5.91 Å². The largest absolute Gasteiger partial charge is 0.465 e. The minimum Gasteiger partial charge on any atom is -0.465 e. The van der Waals surface area contributed by atoms with Crippen molar-refractivity contribution in [2.75, 3.05) is 23.3 Å². The molecule has 0 saturated heterocycles. The Hall–Kier alpha value is -3.07. The fourth-order valence-corrected chi connectivity index (χ4v) is 5.08. The zero-order valence-corrected chi connectivity index (χ0v) is 21.0. The number of anilines is 2. The lowest BCUT2D eigenvalue weighted by molar-refractivity contribution is -0.114. The minimum absolute atomic E-state index is 0.00543. The molecule has 178 valence electrons. The highest BCUT2D eigenvalue weighted by Crippen LogP contribution is 2.30. The van der Waals surface area contributed by atoms with Crippen LogP contribution in [-0.4, -0.2) is 33.9 Å². The summed E-state index contributed by atoms with van der Waals surface area (Å²) >= 11 is 12.2. The Labute approximate surface area is 208 Å². The van der Waals surface area contributed by atoms with E-state index in [2.05, 4.69) is 5.32 Å². The molecule has 0 atom stereocenters. The molecule has 0 heterocycles. The molecule has 34 heavy (non-hydrogen) atoms. The first-order valence-corrected chi connectivity index (χ1v) is 12.2. The fraction of sp³-hybridized carbons (Fsp3) is 0.167. The SMILES string of the molecule is COC(=O)c1ccc(C)c(NC(=O)CN(c2cc(Cl)cc(Cl)c2)S(=O)(=O)c2ccc(C)cc2)c1. The summed E-state index contributed by atoms with van der Waals surface area (Å²) in [5, 5.41) is 3.11. The van der Waals surface area contributed by atoms with Gasteiger partial charge in [0.1, 0.15) is 6.54 Å². The van der Waals surface area contributed by atoms with Gasteiger partial charge in [0.25, 0.3) is 10.0 Å². The van der Waals surface area contributed by atoms with Gasteiger partial charge in [-0.25, -0.2) is 13.2 Å². The second-order valence-corrected chi connectivity index (χ2v) is 10.3. The van der Waals surface area contributed by atoms with Gasteiger partial charge in [-0.3, -0.25) is 9.10 Å². The van der Waals surface area contributed by atoms with Crippen LogP contribution >= 0.6 is 23.2 Å². The zero-order chi connectivity index (χ0) is 25.0. The molecular formula is C24H22Cl2N2O5S. The van der Waals surface area contributed by atoms with Crippen LogP contribution in [0.4, 0.5) is 11.4 Å². The Morgan fingerprint density at radius 1 is 0.941 bits per heavy atom. The van der Waals surface area contributed by atoms with E-state index in [-0.39, 0.29) is 26.2 Å². The molecule has 1 amide bonds. The topological polar surface area (TPSA) is 92.8 Å². The number of methoxy groups -OCH3 is 1. The second-order valence-electron chi connectivity index (χ2n) is 7.52. The summed E-state index contributed by atoms with van der Waals surface area (Å²) in [5.74, 6) is -1.19. The highest BCUT2D eigenvalue weighted by Gasteiger charge is 2.28. The number of amides is 1. The lowest BCUT2D eigenvalue weighted by Crippen LogP contribution is -2.38. The van der Waals surface area contributed by atoms with Gasteiger partial charge in [-0.05, 0) is 61.9 Å². The first kappa shape index (κ1) is 25.6. The van der Waals surface area contributed by atoms with Crippen LogP contribution in [0.25, 0.3) is 0 Å². The lowest BCUT2D eigenvalue weighted by atomic mass is 10.1. The standard InChI is InChI=1S/C24H22Cl2N2O5S/c1-15-4-8-21(9-5-15)34(31,32)28(20-12-18(25)11-19(26)13-20)14-23(29)27-22-10-17(24(30)33-3)7-6-16(22)2/h4-13H,14H2,1-3H3,(H,27,29). The van der Waals surface area contributed by atoms with Gasteiger partial charge in [-0.1, -0.05) is 47.0 Å². The Morgan fingerprint density at radius 3 is 2.15 bits per heavy atom. The van der Waals surface area contributed by atoms with Crippen molar-refractivity contribution in [2.45, 2.75) is 18.7 Å². The van der Waals surface area contributed by atoms with E-state index in [1.165, 1.54) is 43.5 Å². The molecule has 0 aromatic heterocycles. The summed E-state index contributed by atoms with van der Waals surface area (Å²) in [7, 11) is -2.89. The third-order valence-electron chi connectivity index (χ3n) is 4.96. The van der Waals surface area contributed by atoms with E-state index in [0.29, 0.717) is 11.3 Å². The van der Waals surface area contributed by atoms with E-state index < -0.39 is 28.4 Å². The number of carbonyl (C=O) groups is 2. The van der Waals surface area contributed by atoms with Crippen molar-refractivity contribution in [1.29, 1.82) is 0 Å². The van der Waals surface area contributed by atoms with Gasteiger partial charge < -0.3 is 10.1 Å². The smallest absolute Gasteiger partial charge is 0.337 e. The monoisotopic (exact) mass is 520 g/mol. The number of nitrogens with zero attached hydrogens (tertiary/aromatic N) is 1. The fourth-order valence-electron chi connectivity index (χ4n) is 3.16. The first-order valence-electron chi connectivity index (χ1n) is 10.1. The predicted molar refractivity (Wildman–Crippen MR) is 133 cm³/mol. The van der Waals surface area contributed by atoms with E-state index in [1.807, 2.05) is 6.92 Å². The van der Waals surface area contributed by atoms with Gasteiger partial charge >= 0.3 is 5.97 Å². The Morgan fingerprint density at radius 2 is 1.56 bits per heavy atom. The number of hydrogen-bond acceptors (Lipinski definition) is 5. The molecule has 0 bridgehead atoms. The first-order chi connectivity index (χ1) is 16.0. The van der Waals surface area contributed by atoms with Crippen LogP contribution in [0.5, 0.6) is 0 Å². The molecule has 1 N–H and O–H groups in total. The van der Waals surface area contributed by atoms with Crippen LogP contribution in [-0.2, 0) is 19.6 Å². The third-order valence-corrected chi connectivity index (χ3v) is 7.19. The van der Waals surface area contributed by atoms with Gasteiger partial charge in [0.05, 0.1) is 23.3 Å². The van der Waals surface area contributed by atoms with Crippen molar-refractivity contribution in [2.24, 2.45) is 0 Å². The lowest BCUT2D eigenvalue weighted by Gasteiger charge is -2.25. The molecule has 0 aliphatic heterocycles. The number of sulfonamides is 1. The molecule has 0 spiro atoms. The summed E-state index contributed by atoms with van der Waals surface area (Å²) in [6, 6.07) is 15.2. The number of esters is 1. The van der Waals surface area contributed by atoms with Crippen LogP contribution < -0.4 is 9.62 Å². The number of carbonyl (C=O) groups excluding carboxylic acids is 2. The maximum Gasteiger partial charge on any atom is 0.337 e. The summed E-state index contributed by atoms with van der Waals surface area (Å²) in [6.45, 7) is 3.02. The molecule has 10 heteroatoms. The predicted octanol–water partition coefficient (Wildman–Crippen LogP) is 5.23. The Balaban J connectivity index is 1.99. The number of rotatable bonds is 7. The van der Waals surface area contributed by atoms with Gasteiger partial charge in [-0.15, -0.1) is 0 Å². The third kappa shape index (κ3) is 5.88. The van der Waals surface area contributed by atoms with Crippen molar-refractivity contribution >= 4 is 56.5 Å². The molecule has 0 saturated carbocycles. The number of hydrogen-bond donors (Lipinski definition) is 1. The summed E-state index contributed by atoms with van der Waals surface area (Å²) in [4.78, 5) is 24.9. The van der Waals surface area contributed by atoms with E-state index in [9.17, 15) is 18.0 Å². The second kappa shape index (κ2) is 10.5. The Kier molecular flexibility index (Phi) is 7.86. The summed E-state index contributed by atoms with van der Waals surface area (Å²) in [5.41, 5.74) is 2.29. The number of benzene rings is 3. The van der Waals surface area contributed by atoms with Crippen LogP contribution in [0.2, 0.25) is 10.0 Å². The Bertz CT molecular complexity index is 1320. The molecule has 3 rings (SSSR count). The molecule has 0 fully saturated rings. The van der Waals surface area contributed by atoms with Crippen molar-refractivity contribution in [3.05, 3.63) is 87.4 Å². The van der Waals surface area contributed by atoms with Crippen molar-refractivity contribution in [1.82, 2.24) is 0 Å². The number of ether oxygens (including phenoxy) is 1. The zero-order valence-electron chi connectivity index (χ0n) is 18.6. The molecule has 3 aromatic rings. The van der Waals surface area contributed by atoms with E-state index in [1.54, 1.807) is 31.2 Å². The highest BCUT2D eigenvalue weighted by molar-refractivity contribution is 7.92. The summed E-state index contributed by atoms with van der Waals surface area (Å²) < 4.78 is 32.7. The summed E-state index contributed by atoms with van der Waals surface area (Å²) in [6.07, 6.45) is 0. The molecule has 0 unspecified atom stereocenters. The minimum atomic E-state index is -4.15. The number of halogens is 2. The molecular weight excluding hydrogens is 499 g/mol. The van der Waals surface area contributed by atoms with Crippen LogP contribution in [0, 0.1) is 13.8 Å². The van der Waals surface area contributed by atoms with Gasteiger partial charge in [0, 0.05) is 15.7 Å². The number of aryl methyl sites for hydroxylation is 2. The molecule has 7 nitrogen and oxygen atoms in total. The van der Waals surface area contributed by atoms with Gasteiger partial charge in [0.15, 0.2) is 0 Å². The van der Waals surface area contributed by atoms with Crippen molar-refractivity contribution < 1.29 is 22.7 Å². The van der Waals surface area contributed by atoms with Crippen molar-refractivity contribution in [3.8, 4) is 0 Å². The molecule has 0 aliphatic carbocycles. The van der Waals surface area contributed by atoms with Gasteiger partial charge in [-0.2, -0.15) is 0 Å². The van der Waals surface area contributed by atoms with Crippen LogP contribution in [0.3, 0.4) is 0 Å². The van der Waals surface area contributed by atoms with E-state index in [0.717, 1.165) is 9.87 Å².